The Labute approximate surface area is 133 Å². The standard InChI is InChI=1S/C17H16N4O2/c1-12(20-17(23)15-4-2-3-5-16(15)22)13-6-8-14(9-7-13)21-11-18-10-19-21/h2-12,22H,1H3,(H,20,23). The summed E-state index contributed by atoms with van der Waals surface area (Å²) in [7, 11) is 0. The molecule has 6 nitrogen and oxygen atoms in total. The van der Waals surface area contributed by atoms with Crippen LogP contribution in [-0.2, 0) is 0 Å². The molecule has 2 N–H and O–H groups in total. The first kappa shape index (κ1) is 14.8. The highest BCUT2D eigenvalue weighted by molar-refractivity contribution is 5.96. The van der Waals surface area contributed by atoms with Crippen LogP contribution >= 0.6 is 0 Å². The van der Waals surface area contributed by atoms with Gasteiger partial charge in [0.15, 0.2) is 0 Å². The monoisotopic (exact) mass is 308 g/mol. The third-order valence-electron chi connectivity index (χ3n) is 3.57. The molecule has 3 rings (SSSR count). The molecule has 1 heterocycles. The van der Waals surface area contributed by atoms with Gasteiger partial charge in [0.2, 0.25) is 0 Å². The van der Waals surface area contributed by atoms with Gasteiger partial charge in [0, 0.05) is 0 Å². The molecule has 1 atom stereocenters. The number of aromatic nitrogens is 3. The summed E-state index contributed by atoms with van der Waals surface area (Å²) >= 11 is 0. The van der Waals surface area contributed by atoms with E-state index in [0.29, 0.717) is 0 Å². The lowest BCUT2D eigenvalue weighted by Gasteiger charge is -2.15. The molecule has 0 spiro atoms. The molecule has 2 aromatic carbocycles. The average molecular weight is 308 g/mol. The fourth-order valence-corrected chi connectivity index (χ4v) is 2.28. The van der Waals surface area contributed by atoms with Gasteiger partial charge in [0.25, 0.3) is 5.91 Å². The van der Waals surface area contributed by atoms with Crippen LogP contribution in [0.25, 0.3) is 5.69 Å². The van der Waals surface area contributed by atoms with Crippen LogP contribution in [0.3, 0.4) is 0 Å². The van der Waals surface area contributed by atoms with Crippen LogP contribution < -0.4 is 5.32 Å². The molecule has 3 aromatic rings. The van der Waals surface area contributed by atoms with Crippen molar-refractivity contribution in [3.63, 3.8) is 0 Å². The van der Waals surface area contributed by atoms with Gasteiger partial charge >= 0.3 is 0 Å². The minimum atomic E-state index is -0.309. The number of amides is 1. The molecule has 0 aliphatic rings. The first-order valence-electron chi connectivity index (χ1n) is 7.19. The summed E-state index contributed by atoms with van der Waals surface area (Å²) in [5, 5.41) is 16.7. The van der Waals surface area contributed by atoms with E-state index in [2.05, 4.69) is 15.4 Å². The number of para-hydroxylation sites is 1. The fraction of sp³-hybridized carbons (Fsp3) is 0.118. The molecule has 1 unspecified atom stereocenters. The van der Waals surface area contributed by atoms with Gasteiger partial charge < -0.3 is 10.4 Å². The highest BCUT2D eigenvalue weighted by Gasteiger charge is 2.14. The fourth-order valence-electron chi connectivity index (χ4n) is 2.28. The summed E-state index contributed by atoms with van der Waals surface area (Å²) in [5.41, 5.74) is 2.11. The van der Waals surface area contributed by atoms with Gasteiger partial charge in [-0.15, -0.1) is 0 Å². The summed E-state index contributed by atoms with van der Waals surface area (Å²) in [6.07, 6.45) is 3.10. The van der Waals surface area contributed by atoms with E-state index in [4.69, 9.17) is 0 Å². The number of carbonyl (C=O) groups is 1. The molecule has 0 radical (unpaired) electrons. The predicted octanol–water partition coefficient (Wildman–Crippen LogP) is 2.46. The Bertz CT molecular complexity index is 798. The zero-order valence-corrected chi connectivity index (χ0v) is 12.5. The van der Waals surface area contributed by atoms with Gasteiger partial charge in [0.05, 0.1) is 17.3 Å². The van der Waals surface area contributed by atoms with Crippen molar-refractivity contribution in [2.45, 2.75) is 13.0 Å². The summed E-state index contributed by atoms with van der Waals surface area (Å²) in [6.45, 7) is 1.89. The number of phenols is 1. The second-order valence-electron chi connectivity index (χ2n) is 5.14. The summed E-state index contributed by atoms with van der Waals surface area (Å²) in [4.78, 5) is 16.1. The lowest BCUT2D eigenvalue weighted by molar-refractivity contribution is 0.0937. The molecule has 6 heteroatoms. The molecule has 1 aromatic heterocycles. The van der Waals surface area contributed by atoms with Crippen molar-refractivity contribution in [3.05, 3.63) is 72.3 Å². The molecule has 23 heavy (non-hydrogen) atoms. The van der Waals surface area contributed by atoms with Gasteiger partial charge in [-0.2, -0.15) is 5.10 Å². The maximum atomic E-state index is 12.2. The zero-order chi connectivity index (χ0) is 16.2. The molecular formula is C17H16N4O2. The number of nitrogens with zero attached hydrogens (tertiary/aromatic N) is 3. The summed E-state index contributed by atoms with van der Waals surface area (Å²) < 4.78 is 1.66. The van der Waals surface area contributed by atoms with E-state index < -0.39 is 0 Å². The third-order valence-corrected chi connectivity index (χ3v) is 3.57. The summed E-state index contributed by atoms with van der Waals surface area (Å²) in [6, 6.07) is 14.0. The van der Waals surface area contributed by atoms with Crippen LogP contribution in [0.15, 0.2) is 61.2 Å². The number of benzene rings is 2. The number of hydrogen-bond donors (Lipinski definition) is 2. The Kier molecular flexibility index (Phi) is 4.05. The van der Waals surface area contributed by atoms with Gasteiger partial charge in [-0.1, -0.05) is 24.3 Å². The Morgan fingerprint density at radius 2 is 1.91 bits per heavy atom. The van der Waals surface area contributed by atoms with Gasteiger partial charge in [0.1, 0.15) is 18.4 Å². The first-order chi connectivity index (χ1) is 11.1. The lowest BCUT2D eigenvalue weighted by Crippen LogP contribution is -2.26. The van der Waals surface area contributed by atoms with E-state index in [0.717, 1.165) is 11.3 Å². The Hall–Kier alpha value is -3.15. The largest absolute Gasteiger partial charge is 0.507 e. The smallest absolute Gasteiger partial charge is 0.255 e. The van der Waals surface area contributed by atoms with Crippen LogP contribution in [0.5, 0.6) is 5.75 Å². The van der Waals surface area contributed by atoms with Crippen molar-refractivity contribution in [1.82, 2.24) is 20.1 Å². The molecule has 0 saturated carbocycles. The van der Waals surface area contributed by atoms with Crippen LogP contribution in [0.1, 0.15) is 28.9 Å². The van der Waals surface area contributed by atoms with Crippen molar-refractivity contribution in [1.29, 1.82) is 0 Å². The van der Waals surface area contributed by atoms with Crippen LogP contribution in [0.4, 0.5) is 0 Å². The number of nitrogens with one attached hydrogen (secondary N) is 1. The molecule has 0 saturated heterocycles. The Morgan fingerprint density at radius 3 is 2.57 bits per heavy atom. The highest BCUT2D eigenvalue weighted by atomic mass is 16.3. The quantitative estimate of drug-likeness (QED) is 0.776. The van der Waals surface area contributed by atoms with Crippen molar-refractivity contribution < 1.29 is 9.90 Å². The zero-order valence-electron chi connectivity index (χ0n) is 12.5. The minimum Gasteiger partial charge on any atom is -0.507 e. The maximum absolute atomic E-state index is 12.2. The van der Waals surface area contributed by atoms with Crippen LogP contribution in [0, 0.1) is 0 Å². The molecule has 116 valence electrons. The van der Waals surface area contributed by atoms with Gasteiger partial charge in [-0.05, 0) is 36.8 Å². The molecule has 0 bridgehead atoms. The summed E-state index contributed by atoms with van der Waals surface area (Å²) in [5.74, 6) is -0.338. The minimum absolute atomic E-state index is 0.0290. The van der Waals surface area contributed by atoms with E-state index in [1.807, 2.05) is 31.2 Å². The number of aromatic hydroxyl groups is 1. The van der Waals surface area contributed by atoms with E-state index in [9.17, 15) is 9.90 Å². The average Bonchev–Trinajstić information content (AvgIpc) is 3.09. The Morgan fingerprint density at radius 1 is 1.17 bits per heavy atom. The molecule has 0 fully saturated rings. The van der Waals surface area contributed by atoms with E-state index in [-0.39, 0.29) is 23.3 Å². The van der Waals surface area contributed by atoms with E-state index >= 15 is 0 Å². The Balaban J connectivity index is 1.72. The highest BCUT2D eigenvalue weighted by Crippen LogP contribution is 2.19. The number of hydrogen-bond acceptors (Lipinski definition) is 4. The SMILES string of the molecule is CC(NC(=O)c1ccccc1O)c1ccc(-n2cncn2)cc1. The van der Waals surface area contributed by atoms with Crippen LogP contribution in [0.2, 0.25) is 0 Å². The third kappa shape index (κ3) is 3.21. The molecule has 0 aliphatic carbocycles. The second kappa shape index (κ2) is 6.31. The topological polar surface area (TPSA) is 80.0 Å². The second-order valence-corrected chi connectivity index (χ2v) is 5.14. The molecule has 1 amide bonds. The molecule has 0 aliphatic heterocycles. The van der Waals surface area contributed by atoms with Crippen LogP contribution in [-0.4, -0.2) is 25.8 Å². The van der Waals surface area contributed by atoms with Gasteiger partial charge in [-0.25, -0.2) is 9.67 Å². The predicted molar refractivity (Wildman–Crippen MR) is 85.3 cm³/mol. The van der Waals surface area contributed by atoms with Crippen molar-refractivity contribution in [2.24, 2.45) is 0 Å². The van der Waals surface area contributed by atoms with Gasteiger partial charge in [-0.3, -0.25) is 4.79 Å². The van der Waals surface area contributed by atoms with Crippen molar-refractivity contribution in [2.75, 3.05) is 0 Å². The lowest BCUT2D eigenvalue weighted by atomic mass is 10.1. The normalized spacial score (nSPS) is 11.9. The van der Waals surface area contributed by atoms with E-state index in [1.165, 1.54) is 12.4 Å². The molecular weight excluding hydrogens is 292 g/mol. The number of phenolic OH excluding ortho intramolecular Hbond substituents is 1. The first-order valence-corrected chi connectivity index (χ1v) is 7.19. The van der Waals surface area contributed by atoms with Crippen molar-refractivity contribution in [3.8, 4) is 11.4 Å². The van der Waals surface area contributed by atoms with E-state index in [1.54, 1.807) is 29.2 Å². The van der Waals surface area contributed by atoms with Crippen molar-refractivity contribution >= 4 is 5.91 Å². The number of rotatable bonds is 4. The number of carbonyl (C=O) groups excluding carboxylic acids is 1. The maximum Gasteiger partial charge on any atom is 0.255 e.